The zero-order chi connectivity index (χ0) is 15.5. The number of rotatable bonds is 4. The minimum absolute atomic E-state index is 0.0942. The number of amides is 1. The molecule has 2 N–H and O–H groups in total. The van der Waals surface area contributed by atoms with E-state index in [2.05, 4.69) is 18.2 Å². The molecule has 114 valence electrons. The summed E-state index contributed by atoms with van der Waals surface area (Å²) in [6.07, 6.45) is 3.34. The van der Waals surface area contributed by atoms with E-state index in [4.69, 9.17) is 18.0 Å². The van der Waals surface area contributed by atoms with Gasteiger partial charge in [-0.25, -0.2) is 0 Å². The fraction of sp³-hybridized carbons (Fsp3) is 0.529. The van der Waals surface area contributed by atoms with Gasteiger partial charge in [0, 0.05) is 13.1 Å². The summed E-state index contributed by atoms with van der Waals surface area (Å²) < 4.78 is 0. The normalized spacial score (nSPS) is 15.2. The summed E-state index contributed by atoms with van der Waals surface area (Å²) in [4.78, 5) is 15.3. The molecular formula is C17H24N2OS. The molecule has 1 aromatic rings. The molecule has 0 radical (unpaired) electrons. The van der Waals surface area contributed by atoms with E-state index < -0.39 is 5.41 Å². The van der Waals surface area contributed by atoms with Crippen molar-refractivity contribution in [3.8, 4) is 0 Å². The molecule has 0 unspecified atom stereocenters. The minimum Gasteiger partial charge on any atom is -0.392 e. The minimum atomic E-state index is -0.686. The van der Waals surface area contributed by atoms with Crippen LogP contribution < -0.4 is 5.73 Å². The van der Waals surface area contributed by atoms with Crippen LogP contribution in [0.2, 0.25) is 0 Å². The Morgan fingerprint density at radius 2 is 1.90 bits per heavy atom. The Hall–Kier alpha value is -1.42. The lowest BCUT2D eigenvalue weighted by atomic mass is 9.80. The van der Waals surface area contributed by atoms with Gasteiger partial charge in [-0.2, -0.15) is 0 Å². The van der Waals surface area contributed by atoms with Gasteiger partial charge in [0.15, 0.2) is 0 Å². The average molecular weight is 304 g/mol. The number of hydrogen-bond acceptors (Lipinski definition) is 2. The van der Waals surface area contributed by atoms with E-state index in [9.17, 15) is 4.79 Å². The van der Waals surface area contributed by atoms with Gasteiger partial charge < -0.3 is 10.6 Å². The van der Waals surface area contributed by atoms with E-state index in [-0.39, 0.29) is 5.91 Å². The van der Waals surface area contributed by atoms with Crippen LogP contribution >= 0.6 is 12.2 Å². The second-order valence-electron chi connectivity index (χ2n) is 5.75. The molecule has 1 heterocycles. The van der Waals surface area contributed by atoms with Crippen molar-refractivity contribution in [2.45, 2.75) is 46.1 Å². The van der Waals surface area contributed by atoms with Gasteiger partial charge in [0.25, 0.3) is 0 Å². The zero-order valence-electron chi connectivity index (χ0n) is 12.9. The first-order valence-electron chi connectivity index (χ1n) is 7.71. The quantitative estimate of drug-likeness (QED) is 0.870. The van der Waals surface area contributed by atoms with Crippen molar-refractivity contribution in [3.05, 3.63) is 35.4 Å². The van der Waals surface area contributed by atoms with Gasteiger partial charge in [0.1, 0.15) is 0 Å². The van der Waals surface area contributed by atoms with Crippen molar-refractivity contribution in [1.29, 1.82) is 0 Å². The van der Waals surface area contributed by atoms with Gasteiger partial charge in [0.2, 0.25) is 5.91 Å². The van der Waals surface area contributed by atoms with Crippen LogP contribution in [-0.2, 0) is 17.8 Å². The molecule has 1 aliphatic heterocycles. The highest BCUT2D eigenvalue weighted by molar-refractivity contribution is 7.80. The third kappa shape index (κ3) is 2.95. The SMILES string of the molecule is CCC(CC)(C(=O)N1CCCc2ccccc2C1)C(N)=S. The van der Waals surface area contributed by atoms with E-state index in [1.807, 2.05) is 24.8 Å². The van der Waals surface area contributed by atoms with Crippen LogP contribution in [0.5, 0.6) is 0 Å². The number of benzene rings is 1. The van der Waals surface area contributed by atoms with Crippen LogP contribution in [0.4, 0.5) is 0 Å². The van der Waals surface area contributed by atoms with Crippen molar-refractivity contribution in [3.63, 3.8) is 0 Å². The van der Waals surface area contributed by atoms with Crippen LogP contribution in [0.1, 0.15) is 44.2 Å². The molecule has 1 amide bonds. The number of hydrogen-bond donors (Lipinski definition) is 1. The smallest absolute Gasteiger partial charge is 0.235 e. The number of nitrogens with zero attached hydrogens (tertiary/aromatic N) is 1. The van der Waals surface area contributed by atoms with Crippen LogP contribution in [0, 0.1) is 5.41 Å². The van der Waals surface area contributed by atoms with E-state index in [0.29, 0.717) is 24.4 Å². The van der Waals surface area contributed by atoms with Crippen molar-refractivity contribution in [1.82, 2.24) is 4.90 Å². The molecule has 4 heteroatoms. The third-order valence-electron chi connectivity index (χ3n) is 4.73. The average Bonchev–Trinajstić information content (AvgIpc) is 2.70. The van der Waals surface area contributed by atoms with E-state index in [0.717, 1.165) is 19.4 Å². The van der Waals surface area contributed by atoms with Crippen LogP contribution in [-0.4, -0.2) is 22.3 Å². The molecule has 0 fully saturated rings. The molecule has 0 atom stereocenters. The lowest BCUT2D eigenvalue weighted by Gasteiger charge is -2.35. The monoisotopic (exact) mass is 304 g/mol. The summed E-state index contributed by atoms with van der Waals surface area (Å²) in [6, 6.07) is 8.37. The van der Waals surface area contributed by atoms with Crippen LogP contribution in [0.25, 0.3) is 0 Å². The van der Waals surface area contributed by atoms with Gasteiger partial charge in [-0.05, 0) is 36.8 Å². The zero-order valence-corrected chi connectivity index (χ0v) is 13.7. The Balaban J connectivity index is 2.29. The number of aryl methyl sites for hydroxylation is 1. The van der Waals surface area contributed by atoms with Gasteiger partial charge >= 0.3 is 0 Å². The summed E-state index contributed by atoms with van der Waals surface area (Å²) in [5.74, 6) is 0.0942. The maximum atomic E-state index is 13.0. The summed E-state index contributed by atoms with van der Waals surface area (Å²) in [6.45, 7) is 5.43. The Kier molecular flexibility index (Phi) is 4.99. The third-order valence-corrected chi connectivity index (χ3v) is 5.12. The highest BCUT2D eigenvalue weighted by Crippen LogP contribution is 2.31. The van der Waals surface area contributed by atoms with Crippen LogP contribution in [0.3, 0.4) is 0 Å². The Morgan fingerprint density at radius 1 is 1.29 bits per heavy atom. The summed E-state index contributed by atoms with van der Waals surface area (Å²) in [5, 5.41) is 0. The van der Waals surface area contributed by atoms with Gasteiger partial charge in [-0.3, -0.25) is 4.79 Å². The Morgan fingerprint density at radius 3 is 2.48 bits per heavy atom. The molecule has 0 aromatic heterocycles. The molecule has 3 nitrogen and oxygen atoms in total. The summed E-state index contributed by atoms with van der Waals surface area (Å²) in [7, 11) is 0. The first kappa shape index (κ1) is 16.0. The highest BCUT2D eigenvalue weighted by Gasteiger charge is 2.41. The predicted octanol–water partition coefficient (Wildman–Crippen LogP) is 3.05. The van der Waals surface area contributed by atoms with Crippen LogP contribution in [0.15, 0.2) is 24.3 Å². The molecule has 0 saturated heterocycles. The van der Waals surface area contributed by atoms with Crippen molar-refractivity contribution < 1.29 is 4.79 Å². The fourth-order valence-corrected chi connectivity index (χ4v) is 3.56. The van der Waals surface area contributed by atoms with E-state index in [1.165, 1.54) is 11.1 Å². The first-order chi connectivity index (χ1) is 10.0. The topological polar surface area (TPSA) is 46.3 Å². The van der Waals surface area contributed by atoms with Crippen molar-refractivity contribution >= 4 is 23.1 Å². The first-order valence-corrected chi connectivity index (χ1v) is 8.12. The van der Waals surface area contributed by atoms with Crippen molar-refractivity contribution in [2.24, 2.45) is 11.1 Å². The molecule has 1 aromatic carbocycles. The number of thiocarbonyl (C=S) groups is 1. The molecule has 0 aliphatic carbocycles. The highest BCUT2D eigenvalue weighted by atomic mass is 32.1. The van der Waals surface area contributed by atoms with Gasteiger partial charge in [0.05, 0.1) is 10.4 Å². The second kappa shape index (κ2) is 6.56. The number of nitrogens with two attached hydrogens (primary N) is 1. The van der Waals surface area contributed by atoms with Gasteiger partial charge in [-0.1, -0.05) is 50.3 Å². The lowest BCUT2D eigenvalue weighted by Crippen LogP contribution is -2.50. The molecule has 0 saturated carbocycles. The Bertz CT molecular complexity index is 537. The van der Waals surface area contributed by atoms with E-state index >= 15 is 0 Å². The van der Waals surface area contributed by atoms with E-state index in [1.54, 1.807) is 0 Å². The maximum Gasteiger partial charge on any atom is 0.235 e. The maximum absolute atomic E-state index is 13.0. The standard InChI is InChI=1S/C17H24N2OS/c1-3-17(4-2,15(18)21)16(20)19-11-7-10-13-8-5-6-9-14(13)12-19/h5-6,8-9H,3-4,7,10-12H2,1-2H3,(H2,18,21). The molecule has 1 aliphatic rings. The molecule has 2 rings (SSSR count). The summed E-state index contributed by atoms with van der Waals surface area (Å²) >= 11 is 5.22. The molecule has 0 spiro atoms. The predicted molar refractivity (Wildman–Crippen MR) is 90.0 cm³/mol. The molecular weight excluding hydrogens is 280 g/mol. The lowest BCUT2D eigenvalue weighted by molar-refractivity contribution is -0.139. The number of fused-ring (bicyclic) bond motifs is 1. The number of carbonyl (C=O) groups excluding carboxylic acids is 1. The number of carbonyl (C=O) groups is 1. The molecule has 21 heavy (non-hydrogen) atoms. The van der Waals surface area contributed by atoms with Gasteiger partial charge in [-0.15, -0.1) is 0 Å². The second-order valence-corrected chi connectivity index (χ2v) is 6.19. The van der Waals surface area contributed by atoms with Crippen molar-refractivity contribution in [2.75, 3.05) is 6.54 Å². The fourth-order valence-electron chi connectivity index (χ4n) is 3.18. The Labute approximate surface area is 132 Å². The largest absolute Gasteiger partial charge is 0.392 e. The molecule has 0 bridgehead atoms. The summed E-state index contributed by atoms with van der Waals surface area (Å²) in [5.41, 5.74) is 7.82.